The standard InChI is InChI=1S/C13H17ClO4S/c1-8(19(2,16)17)12(15)7-10-6-11(14)5-9-3-4-18-13(9)10/h5-6,8,12,15H,3-4,7H2,1-2H3. The highest BCUT2D eigenvalue weighted by Crippen LogP contribution is 2.34. The van der Waals surface area contributed by atoms with Crippen molar-refractivity contribution in [2.45, 2.75) is 31.1 Å². The molecular formula is C13H17ClO4S. The summed E-state index contributed by atoms with van der Waals surface area (Å²) < 4.78 is 28.4. The first-order valence-electron chi connectivity index (χ1n) is 6.10. The van der Waals surface area contributed by atoms with Crippen LogP contribution >= 0.6 is 11.6 Å². The van der Waals surface area contributed by atoms with Crippen LogP contribution in [0.15, 0.2) is 12.1 Å². The molecule has 1 aromatic rings. The van der Waals surface area contributed by atoms with Crippen LogP contribution in [0.25, 0.3) is 0 Å². The molecule has 2 atom stereocenters. The molecule has 1 aliphatic heterocycles. The van der Waals surface area contributed by atoms with Crippen molar-refractivity contribution in [2.75, 3.05) is 12.9 Å². The highest BCUT2D eigenvalue weighted by molar-refractivity contribution is 7.91. The minimum absolute atomic E-state index is 0.219. The molecule has 0 saturated heterocycles. The first-order valence-corrected chi connectivity index (χ1v) is 8.43. The minimum atomic E-state index is -3.27. The van der Waals surface area contributed by atoms with Crippen molar-refractivity contribution in [1.82, 2.24) is 0 Å². The van der Waals surface area contributed by atoms with Crippen molar-refractivity contribution in [3.05, 3.63) is 28.3 Å². The van der Waals surface area contributed by atoms with Crippen LogP contribution in [0.4, 0.5) is 0 Å². The predicted molar refractivity (Wildman–Crippen MR) is 74.7 cm³/mol. The average Bonchev–Trinajstić information content (AvgIpc) is 2.74. The van der Waals surface area contributed by atoms with E-state index in [2.05, 4.69) is 0 Å². The van der Waals surface area contributed by atoms with Crippen LogP contribution in [0.1, 0.15) is 18.1 Å². The lowest BCUT2D eigenvalue weighted by Gasteiger charge is -2.18. The number of aliphatic hydroxyl groups excluding tert-OH is 1. The minimum Gasteiger partial charge on any atom is -0.493 e. The molecule has 0 bridgehead atoms. The van der Waals surface area contributed by atoms with Crippen LogP contribution in [-0.2, 0) is 22.7 Å². The van der Waals surface area contributed by atoms with E-state index in [1.807, 2.05) is 6.07 Å². The summed E-state index contributed by atoms with van der Waals surface area (Å²) in [5, 5.41) is 9.82. The molecule has 4 nitrogen and oxygen atoms in total. The molecule has 19 heavy (non-hydrogen) atoms. The van der Waals surface area contributed by atoms with Crippen molar-refractivity contribution < 1.29 is 18.3 Å². The second-order valence-corrected chi connectivity index (χ2v) is 7.80. The second-order valence-electron chi connectivity index (χ2n) is 4.96. The van der Waals surface area contributed by atoms with Gasteiger partial charge in [0, 0.05) is 24.1 Å². The fourth-order valence-electron chi connectivity index (χ4n) is 2.17. The molecule has 1 heterocycles. The topological polar surface area (TPSA) is 63.6 Å². The molecule has 1 N–H and O–H groups in total. The SMILES string of the molecule is CC(C(O)Cc1cc(Cl)cc2c1OCC2)S(C)(=O)=O. The van der Waals surface area contributed by atoms with Gasteiger partial charge in [-0.2, -0.15) is 0 Å². The van der Waals surface area contributed by atoms with E-state index in [-0.39, 0.29) is 6.42 Å². The van der Waals surface area contributed by atoms with Gasteiger partial charge in [-0.1, -0.05) is 11.6 Å². The van der Waals surface area contributed by atoms with E-state index in [0.717, 1.165) is 29.6 Å². The lowest BCUT2D eigenvalue weighted by Crippen LogP contribution is -2.32. The smallest absolute Gasteiger partial charge is 0.152 e. The Kier molecular flexibility index (Phi) is 4.08. The Morgan fingerprint density at radius 2 is 2.16 bits per heavy atom. The summed E-state index contributed by atoms with van der Waals surface area (Å²) in [5.74, 6) is 0.740. The van der Waals surface area contributed by atoms with Crippen LogP contribution in [0.5, 0.6) is 5.75 Å². The molecule has 0 aliphatic carbocycles. The van der Waals surface area contributed by atoms with Gasteiger partial charge < -0.3 is 9.84 Å². The van der Waals surface area contributed by atoms with Gasteiger partial charge in [-0.15, -0.1) is 0 Å². The van der Waals surface area contributed by atoms with E-state index in [4.69, 9.17) is 16.3 Å². The molecule has 0 saturated carbocycles. The molecule has 0 amide bonds. The van der Waals surface area contributed by atoms with Gasteiger partial charge >= 0.3 is 0 Å². The lowest BCUT2D eigenvalue weighted by molar-refractivity contribution is 0.172. The summed E-state index contributed by atoms with van der Waals surface area (Å²) in [7, 11) is -3.27. The van der Waals surface area contributed by atoms with Crippen LogP contribution in [-0.4, -0.2) is 37.7 Å². The Hall–Kier alpha value is -0.780. The van der Waals surface area contributed by atoms with Crippen molar-refractivity contribution in [2.24, 2.45) is 0 Å². The summed E-state index contributed by atoms with van der Waals surface area (Å²) in [6.45, 7) is 2.10. The number of hydrogen-bond donors (Lipinski definition) is 1. The lowest BCUT2D eigenvalue weighted by atomic mass is 10.0. The highest BCUT2D eigenvalue weighted by Gasteiger charge is 2.27. The summed E-state index contributed by atoms with van der Waals surface area (Å²) in [4.78, 5) is 0. The number of aliphatic hydroxyl groups is 1. The Morgan fingerprint density at radius 1 is 1.47 bits per heavy atom. The third kappa shape index (κ3) is 3.22. The third-order valence-corrected chi connectivity index (χ3v) is 5.35. The fraction of sp³-hybridized carbons (Fsp3) is 0.538. The van der Waals surface area contributed by atoms with Crippen molar-refractivity contribution in [3.8, 4) is 5.75 Å². The van der Waals surface area contributed by atoms with Crippen molar-refractivity contribution in [1.29, 1.82) is 0 Å². The molecule has 1 aromatic carbocycles. The van der Waals surface area contributed by atoms with E-state index in [9.17, 15) is 13.5 Å². The first kappa shape index (κ1) is 14.6. The predicted octanol–water partition coefficient (Wildman–Crippen LogP) is 1.61. The number of halogens is 1. The van der Waals surface area contributed by atoms with Gasteiger partial charge in [0.25, 0.3) is 0 Å². The Bertz CT molecular complexity index is 583. The van der Waals surface area contributed by atoms with E-state index >= 15 is 0 Å². The zero-order valence-electron chi connectivity index (χ0n) is 10.9. The molecule has 106 valence electrons. The zero-order chi connectivity index (χ0) is 14.2. The number of rotatable bonds is 4. The van der Waals surface area contributed by atoms with Gasteiger partial charge in [0.05, 0.1) is 18.0 Å². The molecule has 6 heteroatoms. The van der Waals surface area contributed by atoms with E-state index in [1.165, 1.54) is 6.92 Å². The number of hydrogen-bond acceptors (Lipinski definition) is 4. The second kappa shape index (κ2) is 5.31. The van der Waals surface area contributed by atoms with E-state index in [0.29, 0.717) is 11.6 Å². The number of ether oxygens (including phenoxy) is 1. The fourth-order valence-corrected chi connectivity index (χ4v) is 3.10. The van der Waals surface area contributed by atoms with Gasteiger partial charge in [-0.05, 0) is 30.2 Å². The largest absolute Gasteiger partial charge is 0.493 e. The molecule has 2 rings (SSSR count). The molecule has 0 fully saturated rings. The van der Waals surface area contributed by atoms with Crippen LogP contribution < -0.4 is 4.74 Å². The van der Waals surface area contributed by atoms with Crippen LogP contribution in [0.2, 0.25) is 5.02 Å². The van der Waals surface area contributed by atoms with Gasteiger partial charge in [-0.25, -0.2) is 8.42 Å². The van der Waals surface area contributed by atoms with Gasteiger partial charge in [0.1, 0.15) is 5.75 Å². The summed E-state index contributed by atoms with van der Waals surface area (Å²) in [6.07, 6.45) is 1.17. The normalized spacial score (nSPS) is 17.7. The molecule has 0 radical (unpaired) electrons. The third-order valence-electron chi connectivity index (χ3n) is 3.47. The summed E-state index contributed by atoms with van der Waals surface area (Å²) in [5.41, 5.74) is 1.78. The van der Waals surface area contributed by atoms with Crippen molar-refractivity contribution >= 4 is 21.4 Å². The maximum Gasteiger partial charge on any atom is 0.152 e. The van der Waals surface area contributed by atoms with Crippen LogP contribution in [0.3, 0.4) is 0 Å². The van der Waals surface area contributed by atoms with Crippen LogP contribution in [0, 0.1) is 0 Å². The quantitative estimate of drug-likeness (QED) is 0.918. The number of benzene rings is 1. The maximum absolute atomic E-state index is 11.4. The van der Waals surface area contributed by atoms with E-state index < -0.39 is 21.2 Å². The zero-order valence-corrected chi connectivity index (χ0v) is 12.5. The molecule has 0 aromatic heterocycles. The Labute approximate surface area is 118 Å². The maximum atomic E-state index is 11.4. The van der Waals surface area contributed by atoms with E-state index in [1.54, 1.807) is 6.07 Å². The Morgan fingerprint density at radius 3 is 2.79 bits per heavy atom. The molecule has 0 spiro atoms. The molecule has 1 aliphatic rings. The van der Waals surface area contributed by atoms with Gasteiger partial charge in [0.15, 0.2) is 9.84 Å². The molecule has 2 unspecified atom stereocenters. The number of fused-ring (bicyclic) bond motifs is 1. The average molecular weight is 305 g/mol. The van der Waals surface area contributed by atoms with Gasteiger partial charge in [-0.3, -0.25) is 0 Å². The summed E-state index contributed by atoms with van der Waals surface area (Å²) >= 11 is 6.03. The van der Waals surface area contributed by atoms with Gasteiger partial charge in [0.2, 0.25) is 0 Å². The van der Waals surface area contributed by atoms with Crippen molar-refractivity contribution in [3.63, 3.8) is 0 Å². The first-order chi connectivity index (χ1) is 8.79. The molecular weight excluding hydrogens is 288 g/mol. The highest BCUT2D eigenvalue weighted by atomic mass is 35.5. The summed E-state index contributed by atoms with van der Waals surface area (Å²) in [6, 6.07) is 3.57. The monoisotopic (exact) mass is 304 g/mol. The Balaban J connectivity index is 2.25. The number of sulfone groups is 1.